The molecule has 0 spiro atoms. The van der Waals surface area contributed by atoms with Crippen molar-refractivity contribution in [2.24, 2.45) is 0 Å². The van der Waals surface area contributed by atoms with Gasteiger partial charge in [0.05, 0.1) is 102 Å². The van der Waals surface area contributed by atoms with E-state index in [4.69, 9.17) is 120 Å². The van der Waals surface area contributed by atoms with E-state index >= 15 is 0 Å². The third-order valence-corrected chi connectivity index (χ3v) is 86.0. The minimum absolute atomic E-state index is 0.315. The Bertz CT molecular complexity index is 2400. The van der Waals surface area contributed by atoms with Gasteiger partial charge < -0.3 is 120 Å². The van der Waals surface area contributed by atoms with E-state index in [9.17, 15) is 0 Å². The molecule has 0 saturated carbocycles. The fourth-order valence-corrected chi connectivity index (χ4v) is 91.1. The van der Waals surface area contributed by atoms with E-state index in [1.807, 2.05) is 0 Å². The smallest absolute Gasteiger partial charge is 0.395 e. The molecule has 0 aliphatic carbocycles. The zero-order valence-corrected chi connectivity index (χ0v) is 90.0. The average Bonchev–Trinajstić information content (AvgIpc) is 1.57. The number of hydrogen-bond donors (Lipinski definition) is 0. The van der Waals surface area contributed by atoms with Crippen molar-refractivity contribution < 1.29 is 120 Å². The maximum atomic E-state index is 8.46. The van der Waals surface area contributed by atoms with E-state index in [0.29, 0.717) is 97.2 Å². The molecule has 672 valence electrons. The Morgan fingerprint density at radius 3 is 0.345 bits per heavy atom. The largest absolute Gasteiger partial charge is 0.651 e. The Morgan fingerprint density at radius 1 is 0.164 bits per heavy atom. The Kier molecular flexibility index (Phi) is 33.4. The fraction of sp³-hybridized carbons (Fsp3) is 1.00. The zero-order chi connectivity index (χ0) is 82.4. The maximum absolute atomic E-state index is 8.46. The summed E-state index contributed by atoms with van der Waals surface area (Å²) >= 11 is 0. The molecule has 0 aromatic rings. The SMILES string of the molecule is C[Si](C)(CCCCCC1CO1)O[Si]12O[Si]3(O[Si](C)(C)CCCCCC4CO4)O[Si]4(O[Si](C)(C)CCCCCC5CO5)O[Si](O[Si](C)(C)CCCCCC5CO5)(O1)O[Si]1(O[Si](C)(C)CCCCCC5CO5)O[Si](O[Si](C)(C)CCCCCC5CO5)(O2)O[Si](O[Si](C)(C)CCCCCC2CO2)(O3)O[Si](O[Si](C)(C)CCCCCC2CO2)(O4)O1. The summed E-state index contributed by atoms with van der Waals surface area (Å²) in [6, 6.07) is 5.40. The van der Waals surface area contributed by atoms with Gasteiger partial charge in [-0.3, -0.25) is 0 Å². The molecule has 0 radical (unpaired) electrons. The normalized spacial score (nSPS) is 35.2. The van der Waals surface area contributed by atoms with Gasteiger partial charge in [-0.25, -0.2) is 0 Å². The maximum Gasteiger partial charge on any atom is 0.651 e. The molecule has 0 aromatic heterocycles. The number of rotatable bonds is 64. The highest BCUT2D eigenvalue weighted by Gasteiger charge is 2.93. The van der Waals surface area contributed by atoms with Gasteiger partial charge in [0, 0.05) is 0 Å². The topological polar surface area (TPSA) is 285 Å². The first kappa shape index (κ1) is 95.9. The summed E-state index contributed by atoms with van der Waals surface area (Å²) < 4.78 is 213. The first-order valence-electron chi connectivity index (χ1n) is 45.7. The monoisotopic (exact) mass is 1910 g/mol. The van der Waals surface area contributed by atoms with E-state index in [-0.39, 0.29) is 0 Å². The van der Waals surface area contributed by atoms with E-state index in [1.54, 1.807) is 0 Å². The van der Waals surface area contributed by atoms with Crippen LogP contribution in [0.3, 0.4) is 0 Å². The summed E-state index contributed by atoms with van der Waals surface area (Å²) in [6.45, 7) is 41.7. The second-order valence-electron chi connectivity index (χ2n) is 40.6. The zero-order valence-electron chi connectivity index (χ0n) is 74.0. The molecule has 44 heteroatoms. The van der Waals surface area contributed by atoms with Crippen LogP contribution in [0.25, 0.3) is 0 Å². The van der Waals surface area contributed by atoms with Crippen LogP contribution >= 0.6 is 0 Å². The number of ether oxygens (including phenoxy) is 8. The highest BCUT2D eigenvalue weighted by atomic mass is 28.7. The lowest BCUT2D eigenvalue weighted by molar-refractivity contribution is -0.129. The molecule has 14 rings (SSSR count). The van der Waals surface area contributed by atoms with Gasteiger partial charge in [0.2, 0.25) is 0 Å². The van der Waals surface area contributed by atoms with Crippen LogP contribution in [0.15, 0.2) is 0 Å². The van der Waals surface area contributed by atoms with E-state index < -0.39 is 139 Å². The van der Waals surface area contributed by atoms with Crippen LogP contribution in [0.5, 0.6) is 0 Å². The molecule has 28 nitrogen and oxygen atoms in total. The molecule has 8 atom stereocenters. The fourth-order valence-electron chi connectivity index (χ4n) is 16.6. The molecule has 0 amide bonds. The van der Waals surface area contributed by atoms with Gasteiger partial charge in [-0.1, -0.05) is 154 Å². The summed E-state index contributed by atoms with van der Waals surface area (Å²) in [7, 11) is -69.4. The van der Waals surface area contributed by atoms with Crippen LogP contribution in [-0.4, -0.2) is 241 Å². The number of hydrogen-bond acceptors (Lipinski definition) is 28. The van der Waals surface area contributed by atoms with Gasteiger partial charge in [-0.15, -0.1) is 0 Å². The molecule has 116 heavy (non-hydrogen) atoms. The first-order chi connectivity index (χ1) is 54.8. The lowest BCUT2D eigenvalue weighted by Gasteiger charge is -2.61. The summed E-state index contributed by atoms with van der Waals surface area (Å²) in [5.74, 6) is 0. The third kappa shape index (κ3) is 32.5. The molecule has 8 bridgehead atoms. The van der Waals surface area contributed by atoms with E-state index in [0.717, 1.165) is 258 Å². The summed E-state index contributed by atoms with van der Waals surface area (Å²) in [4.78, 5) is 0. The lowest BCUT2D eigenvalue weighted by atomic mass is 10.2. The molecule has 0 N–H and O–H groups in total. The molecule has 14 aliphatic rings. The molecule has 8 unspecified atom stereocenters. The van der Waals surface area contributed by atoms with E-state index in [1.165, 1.54) is 0 Å². The van der Waals surface area contributed by atoms with Crippen molar-refractivity contribution in [3.8, 4) is 0 Å². The Morgan fingerprint density at radius 2 is 0.259 bits per heavy atom. The van der Waals surface area contributed by atoms with Crippen molar-refractivity contribution in [1.29, 1.82) is 0 Å². The number of unbranched alkanes of at least 4 members (excludes halogenated alkanes) is 16. The van der Waals surface area contributed by atoms with Crippen molar-refractivity contribution in [3.63, 3.8) is 0 Å². The predicted octanol–water partition coefficient (Wildman–Crippen LogP) is 17.2. The Labute approximate surface area is 714 Å². The minimum atomic E-state index is -5.45. The van der Waals surface area contributed by atoms with Gasteiger partial charge in [-0.05, 0) is 204 Å². The minimum Gasteiger partial charge on any atom is -0.395 e. The molecular formula is C72H152O28Si16. The van der Waals surface area contributed by atoms with Gasteiger partial charge in [0.25, 0.3) is 0 Å². The van der Waals surface area contributed by atoms with Gasteiger partial charge >= 0.3 is 72.4 Å². The Balaban J connectivity index is 1.03. The first-order valence-corrected chi connectivity index (χ1v) is 83.7. The van der Waals surface area contributed by atoms with Gasteiger partial charge in [-0.2, -0.15) is 0 Å². The van der Waals surface area contributed by atoms with Crippen molar-refractivity contribution in [3.05, 3.63) is 0 Å². The molecule has 14 saturated heterocycles. The summed E-state index contributed by atoms with van der Waals surface area (Å²) in [5.41, 5.74) is 0. The van der Waals surface area contributed by atoms with Crippen molar-refractivity contribution in [2.75, 3.05) is 52.9 Å². The summed E-state index contributed by atoms with van der Waals surface area (Å²) in [6.07, 6.45) is 33.0. The molecule has 14 heterocycles. The highest BCUT2D eigenvalue weighted by molar-refractivity contribution is 7.04. The second kappa shape index (κ2) is 40.4. The van der Waals surface area contributed by atoms with Crippen molar-refractivity contribution in [2.45, 2.75) is 407 Å². The van der Waals surface area contributed by atoms with Crippen LogP contribution in [0.2, 0.25) is 153 Å². The van der Waals surface area contributed by atoms with Crippen molar-refractivity contribution in [1.82, 2.24) is 0 Å². The van der Waals surface area contributed by atoms with E-state index in [2.05, 4.69) is 105 Å². The van der Waals surface area contributed by atoms with Crippen LogP contribution in [0, 0.1) is 0 Å². The van der Waals surface area contributed by atoms with Crippen LogP contribution in [0.4, 0.5) is 0 Å². The summed E-state index contributed by atoms with van der Waals surface area (Å²) in [5, 5.41) is 0. The average molecular weight is 1920 g/mol. The molecule has 14 fully saturated rings. The van der Waals surface area contributed by atoms with Crippen LogP contribution in [-0.2, 0) is 120 Å². The highest BCUT2D eigenvalue weighted by Crippen LogP contribution is 2.55. The second-order valence-corrected chi connectivity index (χ2v) is 97.0. The lowest BCUT2D eigenvalue weighted by Crippen LogP contribution is -2.93. The van der Waals surface area contributed by atoms with Gasteiger partial charge in [0.15, 0.2) is 66.5 Å². The molecule has 14 aliphatic heterocycles. The molecule has 0 aromatic carbocycles. The molecular weight excluding hydrogens is 1760 g/mol. The number of epoxide rings is 8. The predicted molar refractivity (Wildman–Crippen MR) is 472 cm³/mol. The van der Waals surface area contributed by atoms with Gasteiger partial charge in [0.1, 0.15) is 0 Å². The van der Waals surface area contributed by atoms with Crippen LogP contribution in [0.1, 0.15) is 205 Å². The quantitative estimate of drug-likeness (QED) is 0.0310. The van der Waals surface area contributed by atoms with Crippen molar-refractivity contribution >= 4 is 139 Å². The third-order valence-electron chi connectivity index (χ3n) is 23.9. The standard InChI is InChI=1S/C72H152O28Si16/c1-101(2,49-33-17-25-41-65-57-73-65)81-109-89-110(82-102(3,4)50-34-18-26-42-66-58-74-66)92-113(85-105(9,10)53-37-21-29-45-69-61-77-69)94-111(90-109,83-103(5,6)51-35-19-27-43-67-59-75-67)96-115(87-107(13,14)55-39-23-31-47-71-63-79-71)97-112(91-109,84-104(7,8)52-36-20-28-44-68-60-76-68)95-114(93-110,86-106(11,12)54-38-22-30-46-70-62-78-70)99-116(98-113,100-115)88-108(15,16)56-40-24-32-48-72-64-80-72/h65-72H,17-64H2,1-16H3. The Hall–Kier alpha value is 2.35. The van der Waals surface area contributed by atoms with Crippen LogP contribution < -0.4 is 0 Å².